The predicted molar refractivity (Wildman–Crippen MR) is 81.6 cm³/mol. The second kappa shape index (κ2) is 5.19. The van der Waals surface area contributed by atoms with Crippen LogP contribution in [0, 0.1) is 6.92 Å². The van der Waals surface area contributed by atoms with Crippen LogP contribution in [0.3, 0.4) is 0 Å². The molecule has 1 N–H and O–H groups in total. The average Bonchev–Trinajstić information content (AvgIpc) is 2.85. The lowest BCUT2D eigenvalue weighted by Crippen LogP contribution is -2.11. The van der Waals surface area contributed by atoms with Gasteiger partial charge in [0.15, 0.2) is 5.65 Å². The number of amides is 1. The first kappa shape index (κ1) is 13.0. The molecule has 1 amide bonds. The Bertz CT molecular complexity index is 800. The second-order valence-electron chi connectivity index (χ2n) is 4.24. The van der Waals surface area contributed by atoms with Crippen LogP contribution >= 0.6 is 22.9 Å². The SMILES string of the molecule is Cc1ccc(C(=O)Nc2ccc3ccc(Cl)nc3n2)s1. The summed E-state index contributed by atoms with van der Waals surface area (Å²) < 4.78 is 0. The normalized spacial score (nSPS) is 10.7. The molecule has 0 spiro atoms. The van der Waals surface area contributed by atoms with E-state index in [9.17, 15) is 4.79 Å². The number of pyridine rings is 2. The van der Waals surface area contributed by atoms with Gasteiger partial charge < -0.3 is 5.32 Å². The van der Waals surface area contributed by atoms with E-state index in [1.54, 1.807) is 18.2 Å². The van der Waals surface area contributed by atoms with Gasteiger partial charge in [-0.25, -0.2) is 9.97 Å². The number of fused-ring (bicyclic) bond motifs is 1. The Labute approximate surface area is 124 Å². The minimum atomic E-state index is -0.169. The smallest absolute Gasteiger partial charge is 0.266 e. The predicted octanol–water partition coefficient (Wildman–Crippen LogP) is 3.91. The highest BCUT2D eigenvalue weighted by molar-refractivity contribution is 7.14. The average molecular weight is 304 g/mol. The summed E-state index contributed by atoms with van der Waals surface area (Å²) in [6, 6.07) is 10.8. The zero-order valence-corrected chi connectivity index (χ0v) is 12.1. The van der Waals surface area contributed by atoms with Crippen molar-refractivity contribution in [3.8, 4) is 0 Å². The molecule has 3 heterocycles. The van der Waals surface area contributed by atoms with Crippen LogP contribution in [0.25, 0.3) is 11.0 Å². The first-order valence-electron chi connectivity index (χ1n) is 5.93. The van der Waals surface area contributed by atoms with E-state index in [1.807, 2.05) is 25.1 Å². The summed E-state index contributed by atoms with van der Waals surface area (Å²) in [5, 5.41) is 4.01. The van der Waals surface area contributed by atoms with Gasteiger partial charge in [0.1, 0.15) is 11.0 Å². The summed E-state index contributed by atoms with van der Waals surface area (Å²) in [7, 11) is 0. The summed E-state index contributed by atoms with van der Waals surface area (Å²) in [5.41, 5.74) is 0.512. The van der Waals surface area contributed by atoms with E-state index in [4.69, 9.17) is 11.6 Å². The molecule has 3 aromatic heterocycles. The van der Waals surface area contributed by atoms with Crippen LogP contribution in [0.15, 0.2) is 36.4 Å². The van der Waals surface area contributed by atoms with Crippen molar-refractivity contribution in [1.29, 1.82) is 0 Å². The van der Waals surface area contributed by atoms with E-state index in [0.29, 0.717) is 21.5 Å². The van der Waals surface area contributed by atoms with E-state index in [1.165, 1.54) is 11.3 Å². The molecule has 0 fully saturated rings. The van der Waals surface area contributed by atoms with Crippen LogP contribution in [0.1, 0.15) is 14.5 Å². The van der Waals surface area contributed by atoms with Gasteiger partial charge in [-0.15, -0.1) is 11.3 Å². The molecule has 20 heavy (non-hydrogen) atoms. The van der Waals surface area contributed by atoms with Gasteiger partial charge in [0.05, 0.1) is 4.88 Å². The number of aryl methyl sites for hydroxylation is 1. The van der Waals surface area contributed by atoms with Gasteiger partial charge in [0, 0.05) is 10.3 Å². The molecule has 6 heteroatoms. The minimum absolute atomic E-state index is 0.169. The number of aromatic nitrogens is 2. The minimum Gasteiger partial charge on any atom is -0.306 e. The molecule has 0 aromatic carbocycles. The summed E-state index contributed by atoms with van der Waals surface area (Å²) in [5.74, 6) is 0.292. The topological polar surface area (TPSA) is 54.9 Å². The van der Waals surface area contributed by atoms with Crippen LogP contribution in [0.4, 0.5) is 5.82 Å². The fourth-order valence-corrected chi connectivity index (χ4v) is 2.69. The lowest BCUT2D eigenvalue weighted by molar-refractivity contribution is 0.103. The molecule has 4 nitrogen and oxygen atoms in total. The number of rotatable bonds is 2. The zero-order chi connectivity index (χ0) is 14.1. The number of thiophene rings is 1. The maximum absolute atomic E-state index is 12.0. The van der Waals surface area contributed by atoms with Crippen molar-refractivity contribution >= 4 is 45.7 Å². The van der Waals surface area contributed by atoms with E-state index < -0.39 is 0 Å². The van der Waals surface area contributed by atoms with Crippen molar-refractivity contribution in [2.45, 2.75) is 6.92 Å². The summed E-state index contributed by atoms with van der Waals surface area (Å²) >= 11 is 7.28. The van der Waals surface area contributed by atoms with Gasteiger partial charge in [-0.3, -0.25) is 4.79 Å². The van der Waals surface area contributed by atoms with Gasteiger partial charge in [-0.2, -0.15) is 0 Å². The van der Waals surface area contributed by atoms with Crippen LogP contribution in [0.2, 0.25) is 5.15 Å². The van der Waals surface area contributed by atoms with Crippen molar-refractivity contribution in [3.63, 3.8) is 0 Å². The Balaban J connectivity index is 1.89. The third-order valence-electron chi connectivity index (χ3n) is 2.72. The Morgan fingerprint density at radius 3 is 2.70 bits per heavy atom. The number of anilines is 1. The maximum Gasteiger partial charge on any atom is 0.266 e. The number of carbonyl (C=O) groups is 1. The van der Waals surface area contributed by atoms with Crippen molar-refractivity contribution in [1.82, 2.24) is 9.97 Å². The highest BCUT2D eigenvalue weighted by Gasteiger charge is 2.09. The Kier molecular flexibility index (Phi) is 3.38. The fraction of sp³-hybridized carbons (Fsp3) is 0.0714. The molecule has 0 radical (unpaired) electrons. The van der Waals surface area contributed by atoms with E-state index in [-0.39, 0.29) is 5.91 Å². The summed E-state index contributed by atoms with van der Waals surface area (Å²) in [4.78, 5) is 22.2. The molecule has 0 bridgehead atoms. The Morgan fingerprint density at radius 2 is 1.95 bits per heavy atom. The Morgan fingerprint density at radius 1 is 1.15 bits per heavy atom. The molecule has 0 unspecified atom stereocenters. The maximum atomic E-state index is 12.0. The number of halogens is 1. The van der Waals surface area contributed by atoms with E-state index >= 15 is 0 Å². The molecule has 0 aliphatic carbocycles. The standard InChI is InChI=1S/C14H10ClN3OS/c1-8-2-5-10(20-8)14(19)18-12-7-4-9-3-6-11(15)16-13(9)17-12/h2-7H,1H3,(H,16,17,18,19). The van der Waals surface area contributed by atoms with Gasteiger partial charge >= 0.3 is 0 Å². The van der Waals surface area contributed by atoms with E-state index in [2.05, 4.69) is 15.3 Å². The molecule has 100 valence electrons. The largest absolute Gasteiger partial charge is 0.306 e. The van der Waals surface area contributed by atoms with Crippen molar-refractivity contribution in [2.75, 3.05) is 5.32 Å². The van der Waals surface area contributed by atoms with Gasteiger partial charge in [0.2, 0.25) is 0 Å². The number of carbonyl (C=O) groups excluding carboxylic acids is 1. The molecule has 0 aliphatic rings. The lowest BCUT2D eigenvalue weighted by Gasteiger charge is -2.04. The first-order valence-corrected chi connectivity index (χ1v) is 7.12. The van der Waals surface area contributed by atoms with Gasteiger partial charge in [-0.1, -0.05) is 11.6 Å². The number of nitrogens with one attached hydrogen (secondary N) is 1. The summed E-state index contributed by atoms with van der Waals surface area (Å²) in [6.45, 7) is 1.96. The highest BCUT2D eigenvalue weighted by Crippen LogP contribution is 2.19. The molecule has 0 atom stereocenters. The molecule has 0 aliphatic heterocycles. The third kappa shape index (κ3) is 2.64. The third-order valence-corrected chi connectivity index (χ3v) is 3.93. The molecular weight excluding hydrogens is 294 g/mol. The van der Waals surface area contributed by atoms with Crippen LogP contribution in [-0.4, -0.2) is 15.9 Å². The molecule has 3 aromatic rings. The molecule has 0 saturated heterocycles. The molecular formula is C14H10ClN3OS. The Hall–Kier alpha value is -1.98. The van der Waals surface area contributed by atoms with Crippen molar-refractivity contribution < 1.29 is 4.79 Å². The van der Waals surface area contributed by atoms with Crippen LogP contribution < -0.4 is 5.32 Å². The summed E-state index contributed by atoms with van der Waals surface area (Å²) in [6.07, 6.45) is 0. The van der Waals surface area contributed by atoms with Crippen LogP contribution in [0.5, 0.6) is 0 Å². The quantitative estimate of drug-likeness (QED) is 0.730. The number of hydrogen-bond donors (Lipinski definition) is 1. The fourth-order valence-electron chi connectivity index (χ4n) is 1.78. The van der Waals surface area contributed by atoms with Crippen molar-refractivity contribution in [3.05, 3.63) is 51.3 Å². The van der Waals surface area contributed by atoms with E-state index in [0.717, 1.165) is 10.3 Å². The van der Waals surface area contributed by atoms with Gasteiger partial charge in [-0.05, 0) is 43.3 Å². The number of nitrogens with zero attached hydrogens (tertiary/aromatic N) is 2. The van der Waals surface area contributed by atoms with Crippen LogP contribution in [-0.2, 0) is 0 Å². The highest BCUT2D eigenvalue weighted by atomic mass is 35.5. The number of hydrogen-bond acceptors (Lipinski definition) is 4. The zero-order valence-electron chi connectivity index (χ0n) is 10.6. The monoisotopic (exact) mass is 303 g/mol. The molecule has 0 saturated carbocycles. The van der Waals surface area contributed by atoms with Gasteiger partial charge in [0.25, 0.3) is 5.91 Å². The molecule has 3 rings (SSSR count). The first-order chi connectivity index (χ1) is 9.61. The lowest BCUT2D eigenvalue weighted by atomic mass is 10.3. The van der Waals surface area contributed by atoms with Crippen molar-refractivity contribution in [2.24, 2.45) is 0 Å². The second-order valence-corrected chi connectivity index (χ2v) is 5.92.